The minimum Gasteiger partial charge on any atom is -0.382 e. The average molecular weight is 300 g/mol. The van der Waals surface area contributed by atoms with Crippen molar-refractivity contribution in [2.75, 3.05) is 11.4 Å². The molecule has 0 bridgehead atoms. The average Bonchev–Trinajstić information content (AvgIpc) is 3.08. The minimum atomic E-state index is -4.70. The highest BCUT2D eigenvalue weighted by atomic mass is 19.4. The number of piperidine rings is 1. The van der Waals surface area contributed by atoms with Crippen molar-refractivity contribution in [3.63, 3.8) is 0 Å². The van der Waals surface area contributed by atoms with Crippen molar-refractivity contribution in [1.82, 2.24) is 0 Å². The number of nitrogens with zero attached hydrogens (tertiary/aromatic N) is 2. The Morgan fingerprint density at radius 2 is 2.10 bits per heavy atom. The zero-order valence-electron chi connectivity index (χ0n) is 10.8. The maximum atomic E-state index is 13.6. The molecule has 0 radical (unpaired) electrons. The van der Waals surface area contributed by atoms with Crippen molar-refractivity contribution in [2.45, 2.75) is 24.7 Å². The van der Waals surface area contributed by atoms with Crippen molar-refractivity contribution >= 4 is 5.69 Å². The standard InChI is InChI=1S/C14H12F4N2O/c15-11-4-9(2-1-7(11)5-19)20-6-8-3-10(8)12(20)13(21)14(16,17)18/h1-2,4,8,10,12-13,21H,3,6H2/t8-,10?,12+,13+/m0/s1. The quantitative estimate of drug-likeness (QED) is 0.853. The number of hydrogen-bond donors (Lipinski definition) is 1. The smallest absolute Gasteiger partial charge is 0.382 e. The molecule has 21 heavy (non-hydrogen) atoms. The highest BCUT2D eigenvalue weighted by Crippen LogP contribution is 2.53. The Kier molecular flexibility index (Phi) is 3.10. The highest BCUT2D eigenvalue weighted by molar-refractivity contribution is 5.54. The lowest BCUT2D eigenvalue weighted by molar-refractivity contribution is -0.210. The lowest BCUT2D eigenvalue weighted by Gasteiger charge is -2.33. The number of aliphatic hydroxyl groups is 1. The summed E-state index contributed by atoms with van der Waals surface area (Å²) in [5, 5.41) is 18.2. The number of halogens is 4. The SMILES string of the molecule is N#Cc1ccc(N2C[C@@H]3CC3[C@@H]2[C@@H](O)C(F)(F)F)cc1F. The largest absolute Gasteiger partial charge is 0.416 e. The van der Waals surface area contributed by atoms with Gasteiger partial charge in [-0.05, 0) is 36.5 Å². The van der Waals surface area contributed by atoms with Crippen LogP contribution in [0.4, 0.5) is 23.2 Å². The molecule has 2 aliphatic rings. The van der Waals surface area contributed by atoms with Crippen LogP contribution >= 0.6 is 0 Å². The van der Waals surface area contributed by atoms with E-state index in [2.05, 4.69) is 0 Å². The van der Waals surface area contributed by atoms with E-state index < -0.39 is 24.1 Å². The van der Waals surface area contributed by atoms with Gasteiger partial charge < -0.3 is 10.0 Å². The van der Waals surface area contributed by atoms with E-state index in [1.807, 2.05) is 0 Å². The number of hydrogen-bond acceptors (Lipinski definition) is 3. The van der Waals surface area contributed by atoms with E-state index in [1.165, 1.54) is 17.0 Å². The summed E-state index contributed by atoms with van der Waals surface area (Å²) in [6.07, 6.45) is -6.49. The first-order valence-corrected chi connectivity index (χ1v) is 6.54. The van der Waals surface area contributed by atoms with Gasteiger partial charge in [-0.1, -0.05) is 0 Å². The van der Waals surface area contributed by atoms with Crippen LogP contribution in [-0.2, 0) is 0 Å². The Morgan fingerprint density at radius 3 is 2.67 bits per heavy atom. The molecule has 1 saturated heterocycles. The molecule has 1 aliphatic heterocycles. The van der Waals surface area contributed by atoms with E-state index in [1.54, 1.807) is 6.07 Å². The topological polar surface area (TPSA) is 47.3 Å². The fourth-order valence-electron chi connectivity index (χ4n) is 3.15. The molecule has 0 aromatic heterocycles. The van der Waals surface area contributed by atoms with Crippen molar-refractivity contribution < 1.29 is 22.7 Å². The molecule has 3 rings (SSSR count). The van der Waals surface area contributed by atoms with Gasteiger partial charge in [-0.25, -0.2) is 4.39 Å². The molecule has 1 heterocycles. The molecule has 0 amide bonds. The van der Waals surface area contributed by atoms with Crippen LogP contribution in [0.2, 0.25) is 0 Å². The first kappa shape index (κ1) is 14.1. The molecule has 112 valence electrons. The molecular formula is C14H12F4N2O. The van der Waals surface area contributed by atoms with Crippen molar-refractivity contribution in [1.29, 1.82) is 5.26 Å². The Labute approximate surface area is 118 Å². The zero-order valence-corrected chi connectivity index (χ0v) is 10.8. The molecule has 2 fully saturated rings. The van der Waals surface area contributed by atoms with Gasteiger partial charge in [0.05, 0.1) is 11.6 Å². The Morgan fingerprint density at radius 1 is 1.38 bits per heavy atom. The van der Waals surface area contributed by atoms with Gasteiger partial charge in [0.2, 0.25) is 0 Å². The summed E-state index contributed by atoms with van der Waals surface area (Å²) in [7, 11) is 0. The molecule has 1 N–H and O–H groups in total. The summed E-state index contributed by atoms with van der Waals surface area (Å²) in [5.74, 6) is -0.859. The fraction of sp³-hybridized carbons (Fsp3) is 0.500. The maximum Gasteiger partial charge on any atom is 0.416 e. The second-order valence-corrected chi connectivity index (χ2v) is 5.56. The molecule has 0 spiro atoms. The molecule has 1 unspecified atom stereocenters. The Balaban J connectivity index is 1.91. The van der Waals surface area contributed by atoms with E-state index in [9.17, 15) is 22.7 Å². The van der Waals surface area contributed by atoms with E-state index in [4.69, 9.17) is 5.26 Å². The number of fused-ring (bicyclic) bond motifs is 1. The first-order valence-electron chi connectivity index (χ1n) is 6.54. The fourth-order valence-corrected chi connectivity index (χ4v) is 3.15. The van der Waals surface area contributed by atoms with Gasteiger partial charge in [-0.3, -0.25) is 0 Å². The highest BCUT2D eigenvalue weighted by Gasteiger charge is 2.60. The number of anilines is 1. The van der Waals surface area contributed by atoms with Crippen LogP contribution in [0.25, 0.3) is 0 Å². The third-order valence-electron chi connectivity index (χ3n) is 4.27. The molecule has 1 aliphatic carbocycles. The molecule has 1 aromatic carbocycles. The van der Waals surface area contributed by atoms with Crippen molar-refractivity contribution in [3.8, 4) is 6.07 Å². The van der Waals surface area contributed by atoms with Gasteiger partial charge in [0.25, 0.3) is 0 Å². The number of alkyl halides is 3. The molecule has 3 nitrogen and oxygen atoms in total. The van der Waals surface area contributed by atoms with E-state index >= 15 is 0 Å². The summed E-state index contributed by atoms with van der Waals surface area (Å²) in [6, 6.07) is 4.30. The van der Waals surface area contributed by atoms with Gasteiger partial charge in [-0.15, -0.1) is 0 Å². The van der Waals surface area contributed by atoms with E-state index in [0.29, 0.717) is 13.0 Å². The van der Waals surface area contributed by atoms with Gasteiger partial charge in [0, 0.05) is 12.2 Å². The van der Waals surface area contributed by atoms with Crippen LogP contribution in [0.5, 0.6) is 0 Å². The van der Waals surface area contributed by atoms with Crippen LogP contribution in [-0.4, -0.2) is 30.0 Å². The normalized spacial score (nSPS) is 29.0. The predicted octanol–water partition coefficient (Wildman–Crippen LogP) is 2.45. The molecular weight excluding hydrogens is 288 g/mol. The Bertz CT molecular complexity index is 610. The third kappa shape index (κ3) is 2.33. The molecule has 1 aromatic rings. The summed E-state index contributed by atoms with van der Waals surface area (Å²) in [6.45, 7) is 0.369. The first-order chi connectivity index (χ1) is 9.82. The predicted molar refractivity (Wildman–Crippen MR) is 65.9 cm³/mol. The van der Waals surface area contributed by atoms with E-state index in [0.717, 1.165) is 6.07 Å². The van der Waals surface area contributed by atoms with Crippen molar-refractivity contribution in [3.05, 3.63) is 29.6 Å². The second-order valence-electron chi connectivity index (χ2n) is 5.56. The third-order valence-corrected chi connectivity index (χ3v) is 4.27. The molecule has 4 atom stereocenters. The molecule has 1 saturated carbocycles. The summed E-state index contributed by atoms with van der Waals surface area (Å²) in [5.41, 5.74) is 0.114. The van der Waals surface area contributed by atoms with Gasteiger partial charge in [0.1, 0.15) is 11.9 Å². The lowest BCUT2D eigenvalue weighted by Crippen LogP contribution is -2.49. The van der Waals surface area contributed by atoms with Gasteiger partial charge in [0.15, 0.2) is 6.10 Å². The maximum absolute atomic E-state index is 13.6. The van der Waals surface area contributed by atoms with Crippen LogP contribution in [0.1, 0.15) is 12.0 Å². The van der Waals surface area contributed by atoms with Crippen LogP contribution in [0.15, 0.2) is 18.2 Å². The minimum absolute atomic E-state index is 0.116. The lowest BCUT2D eigenvalue weighted by atomic mass is 10.0. The van der Waals surface area contributed by atoms with Gasteiger partial charge >= 0.3 is 6.18 Å². The summed E-state index contributed by atoms with van der Waals surface area (Å²) in [4.78, 5) is 1.40. The Hall–Kier alpha value is -1.81. The van der Waals surface area contributed by atoms with Gasteiger partial charge in [-0.2, -0.15) is 18.4 Å². The number of rotatable bonds is 2. The van der Waals surface area contributed by atoms with Crippen molar-refractivity contribution in [2.24, 2.45) is 11.8 Å². The molecule has 7 heteroatoms. The summed E-state index contributed by atoms with van der Waals surface area (Å²) < 4.78 is 52.0. The zero-order chi connectivity index (χ0) is 15.4. The van der Waals surface area contributed by atoms with Crippen LogP contribution in [0.3, 0.4) is 0 Å². The van der Waals surface area contributed by atoms with E-state index in [-0.39, 0.29) is 23.1 Å². The number of nitriles is 1. The van der Waals surface area contributed by atoms with Crippen LogP contribution < -0.4 is 4.90 Å². The summed E-state index contributed by atoms with van der Waals surface area (Å²) >= 11 is 0. The van der Waals surface area contributed by atoms with Crippen LogP contribution in [0, 0.1) is 29.0 Å². The second kappa shape index (κ2) is 4.60. The monoisotopic (exact) mass is 300 g/mol. The number of benzene rings is 1. The number of aliphatic hydroxyl groups excluding tert-OH is 1.